The first-order valence-electron chi connectivity index (χ1n) is 8.68. The first-order valence-corrected chi connectivity index (χ1v) is 8.68. The number of halogens is 2. The minimum Gasteiger partial charge on any atom is -0.385 e. The largest absolute Gasteiger partial charge is 0.385 e. The van der Waals surface area contributed by atoms with Crippen LogP contribution in [0.25, 0.3) is 0 Å². The zero-order chi connectivity index (χ0) is 18.0. The Morgan fingerprint density at radius 3 is 2.76 bits per heavy atom. The van der Waals surface area contributed by atoms with Crippen molar-refractivity contribution in [1.29, 1.82) is 0 Å². The van der Waals surface area contributed by atoms with Crippen LogP contribution < -0.4 is 10.2 Å². The van der Waals surface area contributed by atoms with Crippen LogP contribution in [0.1, 0.15) is 35.2 Å². The van der Waals surface area contributed by atoms with Gasteiger partial charge >= 0.3 is 0 Å². The zero-order valence-corrected chi connectivity index (χ0v) is 14.3. The molecule has 138 valence electrons. The molecule has 1 aliphatic heterocycles. The summed E-state index contributed by atoms with van der Waals surface area (Å²) in [5.41, 5.74) is 2.41. The molecule has 0 radical (unpaired) electrons. The lowest BCUT2D eigenvalue weighted by molar-refractivity contribution is -0.141. The van der Waals surface area contributed by atoms with E-state index in [0.717, 1.165) is 24.3 Å². The van der Waals surface area contributed by atoms with Crippen LogP contribution in [-0.2, 0) is 4.74 Å². The van der Waals surface area contributed by atoms with E-state index in [0.29, 0.717) is 25.2 Å². The number of alkyl halides is 2. The third-order valence-corrected chi connectivity index (χ3v) is 4.97. The number of aliphatic hydroxyl groups is 1. The highest BCUT2D eigenvalue weighted by atomic mass is 19.3. The molecule has 1 saturated heterocycles. The number of benzene rings is 1. The van der Waals surface area contributed by atoms with Crippen LogP contribution in [0.15, 0.2) is 18.2 Å². The molecule has 0 spiro atoms. The number of aryl methyl sites for hydroxylation is 1. The van der Waals surface area contributed by atoms with Gasteiger partial charge in [0.15, 0.2) is 0 Å². The molecule has 2 N–H and O–H groups in total. The van der Waals surface area contributed by atoms with Gasteiger partial charge < -0.3 is 20.1 Å². The summed E-state index contributed by atoms with van der Waals surface area (Å²) in [4.78, 5) is 14.6. The van der Waals surface area contributed by atoms with E-state index in [-0.39, 0.29) is 12.8 Å². The number of carbonyl (C=O) groups is 1. The molecule has 5 nitrogen and oxygen atoms in total. The molecule has 7 heteroatoms. The first kappa shape index (κ1) is 18.1. The van der Waals surface area contributed by atoms with Gasteiger partial charge in [0.2, 0.25) is 0 Å². The number of nitrogens with zero attached hydrogens (tertiary/aromatic N) is 1. The molecule has 1 aromatic rings. The summed E-state index contributed by atoms with van der Waals surface area (Å²) in [5.74, 6) is -3.58. The summed E-state index contributed by atoms with van der Waals surface area (Å²) in [7, 11) is 0. The van der Waals surface area contributed by atoms with Gasteiger partial charge in [-0.1, -0.05) is 0 Å². The molecule has 2 aliphatic rings. The molecule has 1 aliphatic carbocycles. The summed E-state index contributed by atoms with van der Waals surface area (Å²) in [6.45, 7) is 4.88. The number of carbonyl (C=O) groups excluding carboxylic acids is 1. The number of anilines is 1. The van der Waals surface area contributed by atoms with Crippen molar-refractivity contribution in [3.05, 3.63) is 29.3 Å². The van der Waals surface area contributed by atoms with Crippen molar-refractivity contribution < 1.29 is 23.4 Å². The Balaban J connectivity index is 1.69. The second-order valence-electron chi connectivity index (χ2n) is 6.78. The van der Waals surface area contributed by atoms with Crippen molar-refractivity contribution in [2.24, 2.45) is 0 Å². The Morgan fingerprint density at radius 1 is 1.36 bits per heavy atom. The number of morpholine rings is 1. The van der Waals surface area contributed by atoms with Crippen LogP contribution in [0.2, 0.25) is 0 Å². The van der Waals surface area contributed by atoms with Crippen molar-refractivity contribution in [2.75, 3.05) is 31.2 Å². The van der Waals surface area contributed by atoms with Gasteiger partial charge in [-0.15, -0.1) is 0 Å². The number of ether oxygens (including phenoxy) is 1. The van der Waals surface area contributed by atoms with Gasteiger partial charge in [0.1, 0.15) is 6.10 Å². The molecule has 0 unspecified atom stereocenters. The van der Waals surface area contributed by atoms with Crippen molar-refractivity contribution in [3.63, 3.8) is 0 Å². The van der Waals surface area contributed by atoms with Crippen LogP contribution in [-0.4, -0.2) is 55.4 Å². The second-order valence-corrected chi connectivity index (χ2v) is 6.78. The standard InChI is InChI=1S/C18H24F2N2O3/c1-12-11-13(4-5-15(12)22-7-9-25-10-8-22)17(24)21-14-3-2-6-18(19,20)16(14)23/h4-5,11,14,16,23H,2-3,6-10H2,1H3,(H,21,24)/t14-,16+/m1/s1. The number of amides is 1. The number of hydrogen-bond acceptors (Lipinski definition) is 4. The van der Waals surface area contributed by atoms with Crippen LogP contribution in [0, 0.1) is 6.92 Å². The van der Waals surface area contributed by atoms with Crippen LogP contribution in [0.3, 0.4) is 0 Å². The van der Waals surface area contributed by atoms with Crippen molar-refractivity contribution in [3.8, 4) is 0 Å². The average molecular weight is 354 g/mol. The van der Waals surface area contributed by atoms with Gasteiger partial charge in [0.25, 0.3) is 11.8 Å². The number of hydrogen-bond donors (Lipinski definition) is 2. The minimum absolute atomic E-state index is 0.282. The van der Waals surface area contributed by atoms with Gasteiger partial charge in [0.05, 0.1) is 19.3 Å². The normalized spacial score (nSPS) is 26.3. The topological polar surface area (TPSA) is 61.8 Å². The van der Waals surface area contributed by atoms with Gasteiger partial charge in [-0.25, -0.2) is 8.78 Å². The molecular weight excluding hydrogens is 330 g/mol. The van der Waals surface area contributed by atoms with Crippen molar-refractivity contribution >= 4 is 11.6 Å². The molecule has 3 rings (SSSR count). The molecule has 1 aromatic carbocycles. The highest BCUT2D eigenvalue weighted by molar-refractivity contribution is 5.95. The maximum atomic E-state index is 13.6. The van der Waals surface area contributed by atoms with E-state index < -0.39 is 24.0 Å². The maximum Gasteiger partial charge on any atom is 0.275 e. The summed E-state index contributed by atoms with van der Waals surface area (Å²) >= 11 is 0. The number of nitrogens with one attached hydrogen (secondary N) is 1. The molecular formula is C18H24F2N2O3. The van der Waals surface area contributed by atoms with Crippen LogP contribution in [0.4, 0.5) is 14.5 Å². The SMILES string of the molecule is Cc1cc(C(=O)N[C@@H]2CCCC(F)(F)[C@H]2O)ccc1N1CCOCC1. The molecule has 0 bridgehead atoms. The third kappa shape index (κ3) is 3.93. The van der Waals surface area contributed by atoms with Gasteiger partial charge in [-0.3, -0.25) is 4.79 Å². The molecule has 1 saturated carbocycles. The maximum absolute atomic E-state index is 13.6. The van der Waals surface area contributed by atoms with E-state index in [9.17, 15) is 18.7 Å². The molecule has 1 heterocycles. The zero-order valence-electron chi connectivity index (χ0n) is 14.3. The Bertz CT molecular complexity index is 633. The highest BCUT2D eigenvalue weighted by Crippen LogP contribution is 2.33. The van der Waals surface area contributed by atoms with E-state index in [1.165, 1.54) is 0 Å². The lowest BCUT2D eigenvalue weighted by Crippen LogP contribution is -2.54. The average Bonchev–Trinajstić information content (AvgIpc) is 2.59. The Labute approximate surface area is 146 Å². The monoisotopic (exact) mass is 354 g/mol. The smallest absolute Gasteiger partial charge is 0.275 e. The molecule has 2 fully saturated rings. The third-order valence-electron chi connectivity index (χ3n) is 4.97. The predicted molar refractivity (Wildman–Crippen MR) is 90.3 cm³/mol. The van der Waals surface area contributed by atoms with Gasteiger partial charge in [-0.2, -0.15) is 0 Å². The second kappa shape index (κ2) is 7.25. The molecule has 0 aromatic heterocycles. The quantitative estimate of drug-likeness (QED) is 0.873. The fourth-order valence-electron chi connectivity index (χ4n) is 3.52. The molecule has 1 amide bonds. The number of aliphatic hydroxyl groups excluding tert-OH is 1. The fourth-order valence-corrected chi connectivity index (χ4v) is 3.52. The summed E-state index contributed by atoms with van der Waals surface area (Å²) in [6, 6.07) is 4.41. The minimum atomic E-state index is -3.15. The lowest BCUT2D eigenvalue weighted by Gasteiger charge is -2.35. The predicted octanol–water partition coefficient (Wildman–Crippen LogP) is 2.11. The highest BCUT2D eigenvalue weighted by Gasteiger charge is 2.46. The Morgan fingerprint density at radius 2 is 2.08 bits per heavy atom. The van der Waals surface area contributed by atoms with E-state index in [1.807, 2.05) is 13.0 Å². The Kier molecular flexibility index (Phi) is 5.24. The first-order chi connectivity index (χ1) is 11.9. The van der Waals surface area contributed by atoms with Gasteiger partial charge in [-0.05, 0) is 43.5 Å². The van der Waals surface area contributed by atoms with E-state index in [4.69, 9.17) is 4.74 Å². The molecule has 25 heavy (non-hydrogen) atoms. The Hall–Kier alpha value is -1.73. The van der Waals surface area contributed by atoms with Crippen LogP contribution in [0.5, 0.6) is 0 Å². The van der Waals surface area contributed by atoms with E-state index in [1.54, 1.807) is 12.1 Å². The van der Waals surface area contributed by atoms with Crippen molar-refractivity contribution in [1.82, 2.24) is 5.32 Å². The summed E-state index contributed by atoms with van der Waals surface area (Å²) in [6.07, 6.45) is -1.54. The van der Waals surface area contributed by atoms with E-state index in [2.05, 4.69) is 10.2 Å². The van der Waals surface area contributed by atoms with Crippen LogP contribution >= 0.6 is 0 Å². The number of rotatable bonds is 3. The molecule has 2 atom stereocenters. The van der Waals surface area contributed by atoms with E-state index >= 15 is 0 Å². The summed E-state index contributed by atoms with van der Waals surface area (Å²) < 4.78 is 32.6. The van der Waals surface area contributed by atoms with Gasteiger partial charge in [0, 0.05) is 30.8 Å². The lowest BCUT2D eigenvalue weighted by atomic mass is 9.89. The summed E-state index contributed by atoms with van der Waals surface area (Å²) in [5, 5.41) is 12.3. The van der Waals surface area contributed by atoms with Crippen molar-refractivity contribution in [2.45, 2.75) is 44.3 Å². The fraction of sp³-hybridized carbons (Fsp3) is 0.611.